The fourth-order valence-corrected chi connectivity index (χ4v) is 7.07. The first kappa shape index (κ1) is 24.1. The van der Waals surface area contributed by atoms with Crippen LogP contribution in [-0.2, 0) is 14.4 Å². The molecule has 7 heteroatoms. The van der Waals surface area contributed by atoms with Gasteiger partial charge in [0.05, 0.1) is 0 Å². The van der Waals surface area contributed by atoms with Crippen molar-refractivity contribution >= 4 is 17.7 Å². The number of hydrogen-bond donors (Lipinski definition) is 2. The highest BCUT2D eigenvalue weighted by Gasteiger charge is 2.50. The highest BCUT2D eigenvalue weighted by molar-refractivity contribution is 5.88. The fourth-order valence-electron chi connectivity index (χ4n) is 7.07. The van der Waals surface area contributed by atoms with E-state index in [1.54, 1.807) is 4.90 Å². The molecule has 7 nitrogen and oxygen atoms in total. The zero-order valence-corrected chi connectivity index (χ0v) is 20.8. The van der Waals surface area contributed by atoms with Crippen LogP contribution in [0.15, 0.2) is 0 Å². The van der Waals surface area contributed by atoms with Crippen LogP contribution in [0.1, 0.15) is 84.0 Å². The van der Waals surface area contributed by atoms with Crippen molar-refractivity contribution in [1.29, 1.82) is 0 Å². The zero-order chi connectivity index (χ0) is 23.9. The summed E-state index contributed by atoms with van der Waals surface area (Å²) < 4.78 is 0. The summed E-state index contributed by atoms with van der Waals surface area (Å²) in [7, 11) is 0. The zero-order valence-electron chi connectivity index (χ0n) is 20.8. The summed E-state index contributed by atoms with van der Waals surface area (Å²) in [4.78, 5) is 41.7. The first-order chi connectivity index (χ1) is 16.3. The number of amides is 3. The number of carbonyl (C=O) groups is 3. The van der Waals surface area contributed by atoms with E-state index in [9.17, 15) is 19.5 Å². The Morgan fingerprint density at radius 3 is 2.06 bits per heavy atom. The van der Waals surface area contributed by atoms with Crippen LogP contribution in [0.3, 0.4) is 0 Å². The van der Waals surface area contributed by atoms with Gasteiger partial charge in [-0.05, 0) is 82.0 Å². The van der Waals surface area contributed by atoms with E-state index in [0.29, 0.717) is 62.8 Å². The van der Waals surface area contributed by atoms with Crippen molar-refractivity contribution in [2.24, 2.45) is 29.6 Å². The second-order valence-electron chi connectivity index (χ2n) is 12.2. The van der Waals surface area contributed by atoms with Gasteiger partial charge in [0.15, 0.2) is 0 Å². The smallest absolute Gasteiger partial charge is 0.254 e. The number of carbonyl (C=O) groups excluding carboxylic acids is 3. The molecule has 0 bridgehead atoms. The molecular weight excluding hydrogens is 430 g/mol. The number of rotatable bonds is 5. The molecule has 190 valence electrons. The van der Waals surface area contributed by atoms with Gasteiger partial charge in [0.2, 0.25) is 11.8 Å². The van der Waals surface area contributed by atoms with E-state index in [1.165, 1.54) is 12.8 Å². The van der Waals surface area contributed by atoms with Gasteiger partial charge in [-0.3, -0.25) is 14.4 Å². The van der Waals surface area contributed by atoms with Gasteiger partial charge in [-0.25, -0.2) is 0 Å². The van der Waals surface area contributed by atoms with E-state index in [-0.39, 0.29) is 29.6 Å². The van der Waals surface area contributed by atoms with Crippen molar-refractivity contribution in [3.05, 3.63) is 0 Å². The molecule has 2 unspecified atom stereocenters. The Bertz CT molecular complexity index is 775. The van der Waals surface area contributed by atoms with Crippen LogP contribution in [-0.4, -0.2) is 70.4 Å². The molecule has 5 rings (SSSR count). The van der Waals surface area contributed by atoms with Crippen molar-refractivity contribution in [2.45, 2.75) is 95.6 Å². The Balaban J connectivity index is 1.04. The first-order valence-corrected chi connectivity index (χ1v) is 13.9. The molecule has 1 aliphatic heterocycles. The van der Waals surface area contributed by atoms with E-state index in [2.05, 4.69) is 12.2 Å². The lowest BCUT2D eigenvalue weighted by Gasteiger charge is -2.41. The maximum absolute atomic E-state index is 13.1. The molecule has 4 saturated carbocycles. The first-order valence-electron chi connectivity index (χ1n) is 13.9. The quantitative estimate of drug-likeness (QED) is 0.643. The molecule has 2 atom stereocenters. The Kier molecular flexibility index (Phi) is 6.93. The third-order valence-electron chi connectivity index (χ3n) is 9.59. The van der Waals surface area contributed by atoms with Gasteiger partial charge in [-0.1, -0.05) is 19.8 Å². The highest BCUT2D eigenvalue weighted by Crippen LogP contribution is 2.41. The van der Waals surface area contributed by atoms with Crippen LogP contribution in [0.4, 0.5) is 0 Å². The summed E-state index contributed by atoms with van der Waals surface area (Å²) in [5, 5.41) is 13.4. The largest absolute Gasteiger partial charge is 0.380 e. The summed E-state index contributed by atoms with van der Waals surface area (Å²) in [5.41, 5.74) is -1.11. The Labute approximate surface area is 204 Å². The Morgan fingerprint density at radius 2 is 1.44 bits per heavy atom. The summed E-state index contributed by atoms with van der Waals surface area (Å²) in [6, 6.07) is 0.342. The third-order valence-corrected chi connectivity index (χ3v) is 9.59. The fraction of sp³-hybridized carbons (Fsp3) is 0.889. The monoisotopic (exact) mass is 473 g/mol. The van der Waals surface area contributed by atoms with Crippen molar-refractivity contribution in [1.82, 2.24) is 15.1 Å². The molecule has 1 saturated heterocycles. The van der Waals surface area contributed by atoms with Gasteiger partial charge in [-0.2, -0.15) is 0 Å². The Hall–Kier alpha value is -1.63. The van der Waals surface area contributed by atoms with Gasteiger partial charge in [0.25, 0.3) is 5.91 Å². The third kappa shape index (κ3) is 5.14. The second kappa shape index (κ2) is 9.79. The van der Waals surface area contributed by atoms with E-state index in [1.807, 2.05) is 4.90 Å². The molecular formula is C27H43N3O4. The number of nitrogens with zero attached hydrogens (tertiary/aromatic N) is 2. The average Bonchev–Trinajstić information content (AvgIpc) is 3.60. The van der Waals surface area contributed by atoms with Crippen LogP contribution in [0.5, 0.6) is 0 Å². The van der Waals surface area contributed by atoms with Crippen LogP contribution in [0.2, 0.25) is 0 Å². The van der Waals surface area contributed by atoms with Gasteiger partial charge >= 0.3 is 0 Å². The molecule has 34 heavy (non-hydrogen) atoms. The molecule has 3 amide bonds. The van der Waals surface area contributed by atoms with Crippen molar-refractivity contribution in [3.8, 4) is 0 Å². The second-order valence-corrected chi connectivity index (χ2v) is 12.2. The maximum atomic E-state index is 13.1. The lowest BCUT2D eigenvalue weighted by molar-refractivity contribution is -0.148. The summed E-state index contributed by atoms with van der Waals surface area (Å²) in [6.45, 7) is 4.48. The standard InChI is InChI=1S/C27H43N3O4/c1-18-15-22(16-18)24(31)28-23-4-2-3-21(17-23)19-5-7-20(8-6-19)25(32)29-11-13-30(14-12-29)26(33)27(34)9-10-27/h18-23,34H,2-17H2,1H3,(H,28,31). The number of aliphatic hydroxyl groups is 1. The summed E-state index contributed by atoms with van der Waals surface area (Å²) in [6.07, 6.45) is 12.1. The molecule has 4 aliphatic carbocycles. The number of nitrogens with one attached hydrogen (secondary N) is 1. The van der Waals surface area contributed by atoms with E-state index < -0.39 is 5.60 Å². The molecule has 2 N–H and O–H groups in total. The molecule has 0 spiro atoms. The molecule has 0 radical (unpaired) electrons. The topological polar surface area (TPSA) is 90.0 Å². The van der Waals surface area contributed by atoms with Gasteiger partial charge < -0.3 is 20.2 Å². The molecule has 0 aromatic rings. The van der Waals surface area contributed by atoms with Gasteiger partial charge in [0, 0.05) is 44.1 Å². The minimum absolute atomic E-state index is 0.116. The molecule has 0 aromatic carbocycles. The molecule has 0 aromatic heterocycles. The van der Waals surface area contributed by atoms with Gasteiger partial charge in [-0.15, -0.1) is 0 Å². The minimum atomic E-state index is -1.11. The van der Waals surface area contributed by atoms with E-state index >= 15 is 0 Å². The summed E-state index contributed by atoms with van der Waals surface area (Å²) in [5.74, 6) is 2.82. The van der Waals surface area contributed by atoms with Crippen molar-refractivity contribution < 1.29 is 19.5 Å². The molecule has 5 fully saturated rings. The minimum Gasteiger partial charge on any atom is -0.380 e. The SMILES string of the molecule is CC1CC(C(=O)NC2CCCC(C3CCC(C(=O)N4CCN(C(=O)C5(O)CC5)CC4)CC3)C2)C1. The average molecular weight is 474 g/mol. The van der Waals surface area contributed by atoms with E-state index in [4.69, 9.17) is 0 Å². The van der Waals surface area contributed by atoms with Crippen LogP contribution >= 0.6 is 0 Å². The lowest BCUT2D eigenvalue weighted by Crippen LogP contribution is -2.54. The lowest BCUT2D eigenvalue weighted by atomic mass is 9.69. The van der Waals surface area contributed by atoms with Crippen molar-refractivity contribution in [3.63, 3.8) is 0 Å². The molecule has 1 heterocycles. The number of piperazine rings is 1. The van der Waals surface area contributed by atoms with E-state index in [0.717, 1.165) is 51.4 Å². The number of hydrogen-bond acceptors (Lipinski definition) is 4. The van der Waals surface area contributed by atoms with Crippen LogP contribution in [0, 0.1) is 29.6 Å². The summed E-state index contributed by atoms with van der Waals surface area (Å²) >= 11 is 0. The Morgan fingerprint density at radius 1 is 0.794 bits per heavy atom. The highest BCUT2D eigenvalue weighted by atomic mass is 16.3. The van der Waals surface area contributed by atoms with Crippen LogP contribution < -0.4 is 5.32 Å². The van der Waals surface area contributed by atoms with Crippen molar-refractivity contribution in [2.75, 3.05) is 26.2 Å². The predicted molar refractivity (Wildman–Crippen MR) is 129 cm³/mol. The van der Waals surface area contributed by atoms with Crippen LogP contribution in [0.25, 0.3) is 0 Å². The normalized spacial score (nSPS) is 37.5. The predicted octanol–water partition coefficient (Wildman–Crippen LogP) is 2.71. The maximum Gasteiger partial charge on any atom is 0.254 e. The van der Waals surface area contributed by atoms with Gasteiger partial charge in [0.1, 0.15) is 5.60 Å². The molecule has 5 aliphatic rings.